The molecule has 1 saturated heterocycles. The Labute approximate surface area is 233 Å². The summed E-state index contributed by atoms with van der Waals surface area (Å²) in [5.74, 6) is 1.41. The average molecular weight is 542 g/mol. The number of carbonyl (C=O) groups is 1. The summed E-state index contributed by atoms with van der Waals surface area (Å²) < 4.78 is 14.3. The Balaban J connectivity index is 1.33. The molecule has 39 heavy (non-hydrogen) atoms. The number of anilines is 2. The van der Waals surface area contributed by atoms with Crippen LogP contribution in [-0.4, -0.2) is 60.5 Å². The van der Waals surface area contributed by atoms with Crippen LogP contribution in [0, 0.1) is 5.82 Å². The number of thioether (sulfide) groups is 1. The quantitative estimate of drug-likeness (QED) is 0.202. The molecular formula is C31H32FN5OS. The Morgan fingerprint density at radius 1 is 0.897 bits per heavy atom. The number of para-hydroxylation sites is 1. The van der Waals surface area contributed by atoms with Crippen molar-refractivity contribution in [2.45, 2.75) is 17.8 Å². The molecule has 200 valence electrons. The van der Waals surface area contributed by atoms with Crippen molar-refractivity contribution in [3.05, 3.63) is 102 Å². The third-order valence-electron chi connectivity index (χ3n) is 6.95. The molecule has 0 bridgehead atoms. The van der Waals surface area contributed by atoms with E-state index in [4.69, 9.17) is 9.97 Å². The smallest absolute Gasteiger partial charge is 0.253 e. The number of hydrogen-bond acceptors (Lipinski definition) is 6. The number of nitrogens with zero attached hydrogens (tertiary/aromatic N) is 5. The van der Waals surface area contributed by atoms with Gasteiger partial charge in [-0.3, -0.25) is 4.79 Å². The van der Waals surface area contributed by atoms with E-state index in [1.807, 2.05) is 67.6 Å². The van der Waals surface area contributed by atoms with Crippen LogP contribution in [0.5, 0.6) is 0 Å². The van der Waals surface area contributed by atoms with Crippen molar-refractivity contribution in [3.63, 3.8) is 0 Å². The normalized spacial score (nSPS) is 13.4. The Morgan fingerprint density at radius 2 is 1.56 bits per heavy atom. The fourth-order valence-corrected chi connectivity index (χ4v) is 5.35. The van der Waals surface area contributed by atoms with Crippen LogP contribution in [0.4, 0.5) is 15.9 Å². The summed E-state index contributed by atoms with van der Waals surface area (Å²) in [4.78, 5) is 28.2. The van der Waals surface area contributed by atoms with Gasteiger partial charge in [-0.25, -0.2) is 14.4 Å². The Morgan fingerprint density at radius 3 is 2.26 bits per heavy atom. The number of piperazine rings is 1. The molecule has 0 saturated carbocycles. The zero-order valence-electron chi connectivity index (χ0n) is 22.3. The summed E-state index contributed by atoms with van der Waals surface area (Å²) in [7, 11) is 1.81. The lowest BCUT2D eigenvalue weighted by Gasteiger charge is -2.37. The van der Waals surface area contributed by atoms with Gasteiger partial charge in [0.15, 0.2) is 5.16 Å². The third kappa shape index (κ3) is 6.40. The van der Waals surface area contributed by atoms with Gasteiger partial charge in [-0.1, -0.05) is 66.4 Å². The van der Waals surface area contributed by atoms with Crippen molar-refractivity contribution >= 4 is 29.2 Å². The summed E-state index contributed by atoms with van der Waals surface area (Å²) in [6, 6.07) is 26.9. The molecule has 0 unspecified atom stereocenters. The van der Waals surface area contributed by atoms with Crippen LogP contribution < -0.4 is 9.80 Å². The van der Waals surface area contributed by atoms with Gasteiger partial charge in [0.25, 0.3) is 5.91 Å². The van der Waals surface area contributed by atoms with Gasteiger partial charge in [-0.15, -0.1) is 0 Å². The van der Waals surface area contributed by atoms with Gasteiger partial charge in [-0.05, 0) is 36.8 Å². The highest BCUT2D eigenvalue weighted by Crippen LogP contribution is 2.29. The number of rotatable bonds is 8. The lowest BCUT2D eigenvalue weighted by molar-refractivity contribution is 0.0802. The van der Waals surface area contributed by atoms with Gasteiger partial charge in [0.2, 0.25) is 0 Å². The first-order chi connectivity index (χ1) is 19.0. The van der Waals surface area contributed by atoms with Crippen molar-refractivity contribution in [1.82, 2.24) is 14.9 Å². The number of amides is 1. The maximum atomic E-state index is 14.3. The highest BCUT2D eigenvalue weighted by Gasteiger charge is 2.22. The zero-order chi connectivity index (χ0) is 27.2. The topological polar surface area (TPSA) is 52.6 Å². The molecule has 1 aromatic heterocycles. The molecule has 0 N–H and O–H groups in total. The summed E-state index contributed by atoms with van der Waals surface area (Å²) in [5.41, 5.74) is 4.35. The lowest BCUT2D eigenvalue weighted by Crippen LogP contribution is -2.47. The van der Waals surface area contributed by atoms with E-state index in [9.17, 15) is 9.18 Å². The predicted octanol–water partition coefficient (Wildman–Crippen LogP) is 5.99. The number of hydrogen-bond donors (Lipinski definition) is 0. The highest BCUT2D eigenvalue weighted by molar-refractivity contribution is 7.98. The van der Waals surface area contributed by atoms with E-state index in [0.29, 0.717) is 41.8 Å². The van der Waals surface area contributed by atoms with E-state index < -0.39 is 0 Å². The molecule has 6 nitrogen and oxygen atoms in total. The first kappa shape index (κ1) is 26.7. The molecule has 8 heteroatoms. The van der Waals surface area contributed by atoms with Crippen LogP contribution in [0.15, 0.2) is 90.1 Å². The molecule has 1 amide bonds. The van der Waals surface area contributed by atoms with Gasteiger partial charge >= 0.3 is 0 Å². The molecule has 3 aromatic carbocycles. The van der Waals surface area contributed by atoms with Crippen LogP contribution in [-0.2, 0) is 5.75 Å². The van der Waals surface area contributed by atoms with Gasteiger partial charge in [0.1, 0.15) is 11.6 Å². The van der Waals surface area contributed by atoms with E-state index in [1.54, 1.807) is 29.8 Å². The van der Waals surface area contributed by atoms with Crippen LogP contribution in [0.1, 0.15) is 22.8 Å². The SMILES string of the molecule is CCN(C)C(=O)c1ccc(CSc2nc(-c3ccccc3)cc(N3CCN(c4ccccc4F)CC3)n2)cc1. The van der Waals surface area contributed by atoms with Crippen molar-refractivity contribution in [2.75, 3.05) is 49.6 Å². The monoisotopic (exact) mass is 541 g/mol. The number of carbonyl (C=O) groups excluding carboxylic acids is 1. The Bertz CT molecular complexity index is 1410. The summed E-state index contributed by atoms with van der Waals surface area (Å²) >= 11 is 1.58. The largest absolute Gasteiger partial charge is 0.366 e. The van der Waals surface area contributed by atoms with Gasteiger partial charge in [0, 0.05) is 62.7 Å². The summed E-state index contributed by atoms with van der Waals surface area (Å²) in [6.07, 6.45) is 0. The molecule has 1 fully saturated rings. The second-order valence-corrected chi connectivity index (χ2v) is 10.4. The molecular weight excluding hydrogens is 509 g/mol. The van der Waals surface area contributed by atoms with E-state index in [0.717, 1.165) is 35.7 Å². The van der Waals surface area contributed by atoms with E-state index in [2.05, 4.69) is 21.9 Å². The van der Waals surface area contributed by atoms with Crippen molar-refractivity contribution < 1.29 is 9.18 Å². The van der Waals surface area contributed by atoms with Crippen LogP contribution in [0.2, 0.25) is 0 Å². The highest BCUT2D eigenvalue weighted by atomic mass is 32.2. The first-order valence-electron chi connectivity index (χ1n) is 13.2. The molecule has 0 atom stereocenters. The number of benzene rings is 3. The van der Waals surface area contributed by atoms with Crippen LogP contribution >= 0.6 is 11.8 Å². The minimum atomic E-state index is -0.187. The van der Waals surface area contributed by atoms with E-state index >= 15 is 0 Å². The third-order valence-corrected chi connectivity index (χ3v) is 7.87. The van der Waals surface area contributed by atoms with E-state index in [1.165, 1.54) is 6.07 Å². The maximum absolute atomic E-state index is 14.3. The Kier molecular flexibility index (Phi) is 8.42. The first-order valence-corrected chi connectivity index (χ1v) is 14.2. The molecule has 0 radical (unpaired) electrons. The van der Waals surface area contributed by atoms with Crippen molar-refractivity contribution in [2.24, 2.45) is 0 Å². The second-order valence-electron chi connectivity index (χ2n) is 9.49. The van der Waals surface area contributed by atoms with Crippen LogP contribution in [0.25, 0.3) is 11.3 Å². The van der Waals surface area contributed by atoms with Gasteiger partial charge in [0.05, 0.1) is 11.4 Å². The maximum Gasteiger partial charge on any atom is 0.253 e. The molecule has 5 rings (SSSR count). The minimum absolute atomic E-state index is 0.0235. The zero-order valence-corrected chi connectivity index (χ0v) is 23.1. The van der Waals surface area contributed by atoms with Gasteiger partial charge < -0.3 is 14.7 Å². The molecule has 0 aliphatic carbocycles. The van der Waals surface area contributed by atoms with E-state index in [-0.39, 0.29) is 11.7 Å². The lowest BCUT2D eigenvalue weighted by atomic mass is 10.1. The summed E-state index contributed by atoms with van der Waals surface area (Å²) in [5, 5.41) is 0.703. The Hall–Kier alpha value is -3.91. The van der Waals surface area contributed by atoms with Crippen molar-refractivity contribution in [1.29, 1.82) is 0 Å². The molecule has 0 spiro atoms. The minimum Gasteiger partial charge on any atom is -0.366 e. The number of halogens is 1. The van der Waals surface area contributed by atoms with Crippen LogP contribution in [0.3, 0.4) is 0 Å². The molecule has 4 aromatic rings. The standard InChI is InChI=1S/C31H32FN5OS/c1-3-35(2)30(38)25-15-13-23(14-16-25)22-39-31-33-27(24-9-5-4-6-10-24)21-29(34-31)37-19-17-36(18-20-37)28-12-8-7-11-26(28)32/h4-16,21H,3,17-20,22H2,1-2H3. The summed E-state index contributed by atoms with van der Waals surface area (Å²) in [6.45, 7) is 5.55. The average Bonchev–Trinajstić information content (AvgIpc) is 3.00. The fraction of sp³-hybridized carbons (Fsp3) is 0.258. The van der Waals surface area contributed by atoms with Crippen molar-refractivity contribution in [3.8, 4) is 11.3 Å². The van der Waals surface area contributed by atoms with Gasteiger partial charge in [-0.2, -0.15) is 0 Å². The molecule has 1 aliphatic rings. The number of aromatic nitrogens is 2. The predicted molar refractivity (Wildman–Crippen MR) is 157 cm³/mol. The molecule has 1 aliphatic heterocycles. The second kappa shape index (κ2) is 12.3. The fourth-order valence-electron chi connectivity index (χ4n) is 4.54. The molecule has 2 heterocycles.